The molecular formula is C17H28N4O3. The van der Waals surface area contributed by atoms with E-state index < -0.39 is 11.5 Å². The summed E-state index contributed by atoms with van der Waals surface area (Å²) in [4.78, 5) is 28.0. The summed E-state index contributed by atoms with van der Waals surface area (Å²) in [7, 11) is 1.90. The molecule has 134 valence electrons. The van der Waals surface area contributed by atoms with Crippen LogP contribution < -0.4 is 0 Å². The molecule has 24 heavy (non-hydrogen) atoms. The summed E-state index contributed by atoms with van der Waals surface area (Å²) in [5.41, 5.74) is -0.167. The van der Waals surface area contributed by atoms with Gasteiger partial charge in [-0.15, -0.1) is 0 Å². The third-order valence-corrected chi connectivity index (χ3v) is 4.93. The van der Waals surface area contributed by atoms with Crippen LogP contribution in [0.25, 0.3) is 0 Å². The highest BCUT2D eigenvalue weighted by molar-refractivity contribution is 5.80. The van der Waals surface area contributed by atoms with Crippen molar-refractivity contribution in [3.05, 3.63) is 18.0 Å². The van der Waals surface area contributed by atoms with Crippen molar-refractivity contribution in [3.63, 3.8) is 0 Å². The second-order valence-electron chi connectivity index (χ2n) is 6.89. The number of aliphatic carboxylic acids is 1. The van der Waals surface area contributed by atoms with Crippen LogP contribution in [0.15, 0.2) is 12.3 Å². The Kier molecular flexibility index (Phi) is 5.64. The molecule has 2 rings (SSSR count). The van der Waals surface area contributed by atoms with Crippen LogP contribution in [-0.2, 0) is 15.1 Å². The highest BCUT2D eigenvalue weighted by Crippen LogP contribution is 2.31. The standard InChI is InChI=1S/C17H28N4O3/c1-5-19(4)12-15(22)20-10-7-17(8-11-20,16(23)24)21-9-6-14(18-21)13(2)3/h6,9,13H,5,7-8,10-12H2,1-4H3,(H,23,24). The molecule has 0 radical (unpaired) electrons. The molecule has 1 aromatic heterocycles. The van der Waals surface area contributed by atoms with Gasteiger partial charge in [0.15, 0.2) is 5.54 Å². The summed E-state index contributed by atoms with van der Waals surface area (Å²) in [5, 5.41) is 14.3. The zero-order valence-electron chi connectivity index (χ0n) is 15.0. The van der Waals surface area contributed by atoms with E-state index in [9.17, 15) is 14.7 Å². The van der Waals surface area contributed by atoms with E-state index in [2.05, 4.69) is 5.10 Å². The van der Waals surface area contributed by atoms with Crippen LogP contribution in [0.3, 0.4) is 0 Å². The molecule has 0 atom stereocenters. The Hall–Kier alpha value is -1.89. The number of rotatable bonds is 6. The van der Waals surface area contributed by atoms with Gasteiger partial charge in [-0.25, -0.2) is 4.79 Å². The van der Waals surface area contributed by atoms with Gasteiger partial charge in [0.25, 0.3) is 0 Å². The summed E-state index contributed by atoms with van der Waals surface area (Å²) in [6.45, 7) is 8.14. The average molecular weight is 336 g/mol. The van der Waals surface area contributed by atoms with E-state index in [4.69, 9.17) is 0 Å². The van der Waals surface area contributed by atoms with Gasteiger partial charge in [0.2, 0.25) is 5.91 Å². The van der Waals surface area contributed by atoms with Crippen molar-refractivity contribution >= 4 is 11.9 Å². The summed E-state index contributed by atoms with van der Waals surface area (Å²) >= 11 is 0. The number of carbonyl (C=O) groups is 2. The molecule has 0 bridgehead atoms. The lowest BCUT2D eigenvalue weighted by atomic mass is 9.87. The van der Waals surface area contributed by atoms with Gasteiger partial charge in [0.05, 0.1) is 12.2 Å². The molecule has 0 aliphatic carbocycles. The van der Waals surface area contributed by atoms with E-state index in [-0.39, 0.29) is 11.8 Å². The molecule has 1 amide bonds. The molecule has 0 spiro atoms. The van der Waals surface area contributed by atoms with Crippen LogP contribution in [0.5, 0.6) is 0 Å². The first-order valence-corrected chi connectivity index (χ1v) is 8.56. The van der Waals surface area contributed by atoms with Gasteiger partial charge in [-0.1, -0.05) is 20.8 Å². The number of aromatic nitrogens is 2. The highest BCUT2D eigenvalue weighted by atomic mass is 16.4. The summed E-state index contributed by atoms with van der Waals surface area (Å²) in [6.07, 6.45) is 2.51. The molecule has 1 aliphatic rings. The lowest BCUT2D eigenvalue weighted by Crippen LogP contribution is -2.53. The maximum Gasteiger partial charge on any atom is 0.331 e. The smallest absolute Gasteiger partial charge is 0.331 e. The number of carboxylic acid groups (broad SMARTS) is 1. The normalized spacial score (nSPS) is 17.5. The van der Waals surface area contributed by atoms with Gasteiger partial charge in [-0.2, -0.15) is 5.10 Å². The van der Waals surface area contributed by atoms with E-state index in [1.807, 2.05) is 38.8 Å². The molecule has 1 N–H and O–H groups in total. The predicted molar refractivity (Wildman–Crippen MR) is 90.9 cm³/mol. The Morgan fingerprint density at radius 3 is 2.46 bits per heavy atom. The Bertz CT molecular complexity index is 588. The van der Waals surface area contributed by atoms with Gasteiger partial charge in [-0.05, 0) is 25.6 Å². The van der Waals surface area contributed by atoms with Gasteiger partial charge in [0.1, 0.15) is 0 Å². The number of likely N-dealkylation sites (N-methyl/N-ethyl adjacent to an activating group) is 1. The number of carbonyl (C=O) groups excluding carboxylic acids is 1. The van der Waals surface area contributed by atoms with Crippen molar-refractivity contribution in [2.75, 3.05) is 33.2 Å². The fourth-order valence-corrected chi connectivity index (χ4v) is 2.99. The summed E-state index contributed by atoms with van der Waals surface area (Å²) < 4.78 is 1.59. The Morgan fingerprint density at radius 2 is 2.00 bits per heavy atom. The topological polar surface area (TPSA) is 78.7 Å². The van der Waals surface area contributed by atoms with E-state index in [1.165, 1.54) is 0 Å². The van der Waals surface area contributed by atoms with E-state index in [0.29, 0.717) is 32.5 Å². The maximum absolute atomic E-state index is 12.3. The molecule has 1 saturated heterocycles. The number of hydrogen-bond donors (Lipinski definition) is 1. The number of carboxylic acids is 1. The van der Waals surface area contributed by atoms with Gasteiger partial charge < -0.3 is 10.0 Å². The SMILES string of the molecule is CCN(C)CC(=O)N1CCC(C(=O)O)(n2ccc(C(C)C)n2)CC1. The van der Waals surface area contributed by atoms with E-state index in [0.717, 1.165) is 12.2 Å². The maximum atomic E-state index is 12.3. The van der Waals surface area contributed by atoms with Crippen molar-refractivity contribution in [2.24, 2.45) is 0 Å². The fourth-order valence-electron chi connectivity index (χ4n) is 2.99. The number of hydrogen-bond acceptors (Lipinski definition) is 4. The van der Waals surface area contributed by atoms with Crippen molar-refractivity contribution in [2.45, 2.75) is 45.1 Å². The molecule has 0 saturated carbocycles. The number of likely N-dealkylation sites (tertiary alicyclic amines) is 1. The second kappa shape index (κ2) is 7.34. The molecule has 1 aromatic rings. The fraction of sp³-hybridized carbons (Fsp3) is 0.706. The molecule has 0 aromatic carbocycles. The molecule has 7 nitrogen and oxygen atoms in total. The number of piperidine rings is 1. The van der Waals surface area contributed by atoms with Crippen LogP contribution in [-0.4, -0.2) is 69.8 Å². The third kappa shape index (κ3) is 3.61. The number of nitrogens with zero attached hydrogens (tertiary/aromatic N) is 4. The van der Waals surface area contributed by atoms with Crippen molar-refractivity contribution < 1.29 is 14.7 Å². The van der Waals surface area contributed by atoms with Crippen LogP contribution in [0.1, 0.15) is 45.2 Å². The van der Waals surface area contributed by atoms with Crippen LogP contribution >= 0.6 is 0 Å². The summed E-state index contributed by atoms with van der Waals surface area (Å²) in [6, 6.07) is 1.88. The first-order valence-electron chi connectivity index (χ1n) is 8.56. The van der Waals surface area contributed by atoms with Crippen LogP contribution in [0.4, 0.5) is 0 Å². The highest BCUT2D eigenvalue weighted by Gasteiger charge is 2.45. The van der Waals surface area contributed by atoms with Crippen molar-refractivity contribution in [3.8, 4) is 0 Å². The lowest BCUT2D eigenvalue weighted by molar-refractivity contribution is -0.153. The van der Waals surface area contributed by atoms with Crippen LogP contribution in [0, 0.1) is 0 Å². The third-order valence-electron chi connectivity index (χ3n) is 4.93. The van der Waals surface area contributed by atoms with Crippen molar-refractivity contribution in [1.82, 2.24) is 19.6 Å². The summed E-state index contributed by atoms with van der Waals surface area (Å²) in [5.74, 6) is -0.566. The molecule has 0 unspecified atom stereocenters. The van der Waals surface area contributed by atoms with E-state index >= 15 is 0 Å². The van der Waals surface area contributed by atoms with Gasteiger partial charge >= 0.3 is 5.97 Å². The predicted octanol–water partition coefficient (Wildman–Crippen LogP) is 1.36. The first-order chi connectivity index (χ1) is 11.3. The molecule has 2 heterocycles. The Balaban J connectivity index is 2.11. The van der Waals surface area contributed by atoms with Crippen LogP contribution in [0.2, 0.25) is 0 Å². The molecular weight excluding hydrogens is 308 g/mol. The zero-order valence-corrected chi connectivity index (χ0v) is 15.0. The Morgan fingerprint density at radius 1 is 1.38 bits per heavy atom. The molecule has 1 aliphatic heterocycles. The minimum Gasteiger partial charge on any atom is -0.479 e. The van der Waals surface area contributed by atoms with E-state index in [1.54, 1.807) is 15.8 Å². The van der Waals surface area contributed by atoms with Gasteiger partial charge in [-0.3, -0.25) is 14.4 Å². The molecule has 7 heteroatoms. The molecule has 1 fully saturated rings. The second-order valence-corrected chi connectivity index (χ2v) is 6.89. The average Bonchev–Trinajstić information content (AvgIpc) is 3.05. The monoisotopic (exact) mass is 336 g/mol. The number of amides is 1. The zero-order chi connectivity index (χ0) is 17.9. The quantitative estimate of drug-likeness (QED) is 0.848. The lowest BCUT2D eigenvalue weighted by Gasteiger charge is -2.39. The first kappa shape index (κ1) is 18.4. The van der Waals surface area contributed by atoms with Crippen molar-refractivity contribution in [1.29, 1.82) is 0 Å². The van der Waals surface area contributed by atoms with Gasteiger partial charge in [0, 0.05) is 32.1 Å². The Labute approximate surface area is 143 Å². The minimum absolute atomic E-state index is 0.0571. The minimum atomic E-state index is -1.05. The largest absolute Gasteiger partial charge is 0.479 e.